The van der Waals surface area contributed by atoms with Gasteiger partial charge in [0.2, 0.25) is 11.8 Å². The van der Waals surface area contributed by atoms with Gasteiger partial charge >= 0.3 is 17.8 Å². The van der Waals surface area contributed by atoms with Gasteiger partial charge < -0.3 is 10.6 Å². The van der Waals surface area contributed by atoms with E-state index < -0.39 is 42.2 Å². The molecule has 6 amide bonds. The molecule has 2 rings (SSSR count). The number of rotatable bonds is 7. The number of benzene rings is 1. The number of para-hydroxylation sites is 1. The van der Waals surface area contributed by atoms with Crippen molar-refractivity contribution in [2.45, 2.75) is 33.2 Å². The molecule has 1 fully saturated rings. The Morgan fingerprint density at radius 3 is 2.30 bits per heavy atom. The standard InChI is InChI=1S/C18H22N4O5/c1-4-12-7-5-6-8-13(12)20-14(23)9-19-15(24)10-21-16(25)17(26)22(11(2)3)18(21)27/h5-8,11H,4,9-10H2,1-3H3,(H,19,24)(H,20,23). The highest BCUT2D eigenvalue weighted by atomic mass is 16.2. The second-order valence-electron chi connectivity index (χ2n) is 6.28. The lowest BCUT2D eigenvalue weighted by atomic mass is 10.1. The molecule has 9 nitrogen and oxygen atoms in total. The molecule has 1 aromatic carbocycles. The van der Waals surface area contributed by atoms with E-state index in [-0.39, 0.29) is 6.54 Å². The number of amides is 6. The minimum Gasteiger partial charge on any atom is -0.345 e. The molecule has 1 saturated heterocycles. The first-order chi connectivity index (χ1) is 12.8. The maximum Gasteiger partial charge on any atom is 0.334 e. The van der Waals surface area contributed by atoms with Crippen LogP contribution in [-0.2, 0) is 25.6 Å². The van der Waals surface area contributed by atoms with E-state index in [9.17, 15) is 24.0 Å². The Balaban J connectivity index is 1.89. The van der Waals surface area contributed by atoms with Crippen LogP contribution in [0.2, 0.25) is 0 Å². The van der Waals surface area contributed by atoms with Crippen molar-refractivity contribution in [2.24, 2.45) is 0 Å². The van der Waals surface area contributed by atoms with E-state index in [4.69, 9.17) is 0 Å². The van der Waals surface area contributed by atoms with Crippen LogP contribution in [0.3, 0.4) is 0 Å². The number of nitrogens with zero attached hydrogens (tertiary/aromatic N) is 2. The molecule has 27 heavy (non-hydrogen) atoms. The second kappa shape index (κ2) is 8.43. The average molecular weight is 374 g/mol. The first kappa shape index (κ1) is 20.1. The molecule has 2 N–H and O–H groups in total. The van der Waals surface area contributed by atoms with Crippen LogP contribution in [0.4, 0.5) is 10.5 Å². The summed E-state index contributed by atoms with van der Waals surface area (Å²) in [5.41, 5.74) is 1.61. The van der Waals surface area contributed by atoms with E-state index in [0.717, 1.165) is 16.9 Å². The molecule has 0 atom stereocenters. The lowest BCUT2D eigenvalue weighted by Crippen LogP contribution is -2.44. The third kappa shape index (κ3) is 4.49. The van der Waals surface area contributed by atoms with Gasteiger partial charge in [-0.25, -0.2) is 9.69 Å². The number of anilines is 1. The summed E-state index contributed by atoms with van der Waals surface area (Å²) < 4.78 is 0. The zero-order chi connectivity index (χ0) is 20.1. The average Bonchev–Trinajstić information content (AvgIpc) is 2.84. The molecule has 0 aliphatic carbocycles. The highest BCUT2D eigenvalue weighted by Gasteiger charge is 2.46. The number of urea groups is 1. The Kier molecular flexibility index (Phi) is 6.27. The fourth-order valence-electron chi connectivity index (χ4n) is 2.64. The Hall–Kier alpha value is -3.23. The monoisotopic (exact) mass is 374 g/mol. The van der Waals surface area contributed by atoms with Gasteiger partial charge in [-0.3, -0.25) is 24.1 Å². The van der Waals surface area contributed by atoms with Gasteiger partial charge in [-0.05, 0) is 31.9 Å². The third-order valence-electron chi connectivity index (χ3n) is 4.02. The van der Waals surface area contributed by atoms with Crippen LogP contribution in [0.5, 0.6) is 0 Å². The maximum absolute atomic E-state index is 12.1. The molecule has 1 aromatic rings. The Bertz CT molecular complexity index is 790. The van der Waals surface area contributed by atoms with Crippen molar-refractivity contribution < 1.29 is 24.0 Å². The van der Waals surface area contributed by atoms with Crippen LogP contribution in [0.1, 0.15) is 26.3 Å². The number of carbonyl (C=O) groups excluding carboxylic acids is 5. The molecule has 0 bridgehead atoms. The van der Waals surface area contributed by atoms with Gasteiger partial charge in [-0.2, -0.15) is 0 Å². The van der Waals surface area contributed by atoms with Crippen molar-refractivity contribution in [3.63, 3.8) is 0 Å². The summed E-state index contributed by atoms with van der Waals surface area (Å²) in [5.74, 6) is -3.17. The van der Waals surface area contributed by atoms with Crippen molar-refractivity contribution in [1.82, 2.24) is 15.1 Å². The molecule has 0 unspecified atom stereocenters. The van der Waals surface area contributed by atoms with E-state index >= 15 is 0 Å². The van der Waals surface area contributed by atoms with E-state index in [1.54, 1.807) is 26.0 Å². The van der Waals surface area contributed by atoms with Crippen molar-refractivity contribution in [1.29, 1.82) is 0 Å². The summed E-state index contributed by atoms with van der Waals surface area (Å²) in [6.45, 7) is 4.19. The summed E-state index contributed by atoms with van der Waals surface area (Å²) in [5, 5.41) is 5.03. The highest BCUT2D eigenvalue weighted by Crippen LogP contribution is 2.16. The Morgan fingerprint density at radius 2 is 1.70 bits per heavy atom. The minimum absolute atomic E-state index is 0.324. The highest BCUT2D eigenvalue weighted by molar-refractivity contribution is 6.45. The zero-order valence-electron chi connectivity index (χ0n) is 15.4. The van der Waals surface area contributed by atoms with Crippen molar-refractivity contribution in [3.05, 3.63) is 29.8 Å². The smallest absolute Gasteiger partial charge is 0.334 e. The van der Waals surface area contributed by atoms with Crippen molar-refractivity contribution in [3.8, 4) is 0 Å². The normalized spacial score (nSPS) is 14.1. The fourth-order valence-corrected chi connectivity index (χ4v) is 2.64. The second-order valence-corrected chi connectivity index (χ2v) is 6.28. The van der Waals surface area contributed by atoms with Crippen molar-refractivity contribution in [2.75, 3.05) is 18.4 Å². The van der Waals surface area contributed by atoms with Gasteiger partial charge in [-0.1, -0.05) is 25.1 Å². The van der Waals surface area contributed by atoms with Gasteiger partial charge in [0.1, 0.15) is 6.54 Å². The van der Waals surface area contributed by atoms with Crippen LogP contribution < -0.4 is 10.6 Å². The first-order valence-corrected chi connectivity index (χ1v) is 8.59. The molecular formula is C18H22N4O5. The molecule has 0 radical (unpaired) electrons. The lowest BCUT2D eigenvalue weighted by molar-refractivity contribution is -0.144. The van der Waals surface area contributed by atoms with Gasteiger partial charge in [0, 0.05) is 11.7 Å². The van der Waals surface area contributed by atoms with Crippen LogP contribution in [0.25, 0.3) is 0 Å². The summed E-state index contributed by atoms with van der Waals surface area (Å²) in [6.07, 6.45) is 0.738. The first-order valence-electron chi connectivity index (χ1n) is 8.59. The van der Waals surface area contributed by atoms with Gasteiger partial charge in [0.05, 0.1) is 6.54 Å². The quantitative estimate of drug-likeness (QED) is 0.533. The summed E-state index contributed by atoms with van der Waals surface area (Å²) in [4.78, 5) is 61.1. The lowest BCUT2D eigenvalue weighted by Gasteiger charge is -2.18. The van der Waals surface area contributed by atoms with Gasteiger partial charge in [0.15, 0.2) is 0 Å². The predicted octanol–water partition coefficient (Wildman–Crippen LogP) is 0.503. The molecule has 1 heterocycles. The van der Waals surface area contributed by atoms with E-state index in [0.29, 0.717) is 10.6 Å². The summed E-state index contributed by atoms with van der Waals surface area (Å²) in [6, 6.07) is 5.96. The fraction of sp³-hybridized carbons (Fsp3) is 0.389. The predicted molar refractivity (Wildman–Crippen MR) is 96.6 cm³/mol. The molecule has 0 aromatic heterocycles. The molecule has 0 saturated carbocycles. The minimum atomic E-state index is -1.05. The molecule has 1 aliphatic rings. The third-order valence-corrected chi connectivity index (χ3v) is 4.02. The zero-order valence-corrected chi connectivity index (χ0v) is 15.4. The van der Waals surface area contributed by atoms with E-state index in [1.165, 1.54) is 0 Å². The molecule has 9 heteroatoms. The van der Waals surface area contributed by atoms with Crippen LogP contribution >= 0.6 is 0 Å². The molecule has 1 aliphatic heterocycles. The number of hydrogen-bond acceptors (Lipinski definition) is 5. The number of nitrogens with one attached hydrogen (secondary N) is 2. The largest absolute Gasteiger partial charge is 0.345 e. The topological polar surface area (TPSA) is 116 Å². The van der Waals surface area contributed by atoms with Crippen LogP contribution in [-0.4, -0.2) is 58.6 Å². The summed E-state index contributed by atoms with van der Waals surface area (Å²) >= 11 is 0. The van der Waals surface area contributed by atoms with Crippen LogP contribution in [0, 0.1) is 0 Å². The van der Waals surface area contributed by atoms with Gasteiger partial charge in [0.25, 0.3) is 0 Å². The summed E-state index contributed by atoms with van der Waals surface area (Å²) in [7, 11) is 0. The van der Waals surface area contributed by atoms with Crippen molar-refractivity contribution >= 4 is 35.3 Å². The van der Waals surface area contributed by atoms with Gasteiger partial charge in [-0.15, -0.1) is 0 Å². The number of aryl methyl sites for hydroxylation is 1. The SMILES string of the molecule is CCc1ccccc1NC(=O)CNC(=O)CN1C(=O)C(=O)N(C(C)C)C1=O. The Morgan fingerprint density at radius 1 is 1.04 bits per heavy atom. The maximum atomic E-state index is 12.1. The molecule has 144 valence electrons. The van der Waals surface area contributed by atoms with Crippen LogP contribution in [0.15, 0.2) is 24.3 Å². The van der Waals surface area contributed by atoms with E-state index in [2.05, 4.69) is 10.6 Å². The van der Waals surface area contributed by atoms with E-state index in [1.807, 2.05) is 19.1 Å². The molecular weight excluding hydrogens is 352 g/mol. The Labute approximate surface area is 156 Å². The number of carbonyl (C=O) groups is 5. The number of hydrogen-bond donors (Lipinski definition) is 2. The number of imide groups is 2. The molecule has 0 spiro atoms.